The number of rotatable bonds is 7. The second kappa shape index (κ2) is 6.92. The topological polar surface area (TPSA) is 61.4 Å². The fourth-order valence-electron chi connectivity index (χ4n) is 2.42. The van der Waals surface area contributed by atoms with Crippen LogP contribution in [0.15, 0.2) is 24.3 Å². The lowest BCUT2D eigenvalue weighted by molar-refractivity contribution is -0.137. The first-order valence-corrected chi connectivity index (χ1v) is 7.71. The Kier molecular flexibility index (Phi) is 5.19. The molecule has 0 unspecified atom stereocenters. The van der Waals surface area contributed by atoms with Crippen LogP contribution in [-0.4, -0.2) is 43.9 Å². The number of aryl methyl sites for hydroxylation is 1. The van der Waals surface area contributed by atoms with Crippen LogP contribution in [0.25, 0.3) is 0 Å². The number of carbonyl (C=O) groups excluding carboxylic acids is 2. The van der Waals surface area contributed by atoms with Gasteiger partial charge in [0.2, 0.25) is 11.8 Å². The van der Waals surface area contributed by atoms with Gasteiger partial charge < -0.3 is 15.5 Å². The Hall–Kier alpha value is -1.88. The van der Waals surface area contributed by atoms with E-state index in [1.165, 1.54) is 0 Å². The summed E-state index contributed by atoms with van der Waals surface area (Å²) in [5.41, 5.74) is 1.38. The first kappa shape index (κ1) is 16.5. The smallest absolute Gasteiger partial charge is 0.235 e. The molecule has 1 fully saturated rings. The molecule has 0 radical (unpaired) electrons. The van der Waals surface area contributed by atoms with E-state index < -0.39 is 5.41 Å². The van der Waals surface area contributed by atoms with Crippen LogP contribution < -0.4 is 10.6 Å². The van der Waals surface area contributed by atoms with Crippen LogP contribution in [0.3, 0.4) is 0 Å². The van der Waals surface area contributed by atoms with E-state index in [1.54, 1.807) is 0 Å². The van der Waals surface area contributed by atoms with Crippen LogP contribution in [0.2, 0.25) is 0 Å². The summed E-state index contributed by atoms with van der Waals surface area (Å²) in [7, 11) is 3.90. The molecule has 1 saturated carbocycles. The highest BCUT2D eigenvalue weighted by molar-refractivity contribution is 6.07. The van der Waals surface area contributed by atoms with E-state index in [0.29, 0.717) is 25.9 Å². The molecule has 1 aliphatic rings. The molecule has 120 valence electrons. The summed E-state index contributed by atoms with van der Waals surface area (Å²) in [5.74, 6) is -0.299. The molecule has 1 aliphatic carbocycles. The number of hydrogen-bond donors (Lipinski definition) is 2. The van der Waals surface area contributed by atoms with Gasteiger partial charge in [-0.05, 0) is 39.4 Å². The van der Waals surface area contributed by atoms with Gasteiger partial charge in [0, 0.05) is 19.6 Å². The third-order valence-electron chi connectivity index (χ3n) is 4.00. The average Bonchev–Trinajstić information content (AvgIpc) is 3.26. The van der Waals surface area contributed by atoms with Crippen molar-refractivity contribution in [1.82, 2.24) is 15.5 Å². The number of likely N-dealkylation sites (N-methyl/N-ethyl adjacent to an activating group) is 1. The highest BCUT2D eigenvalue weighted by Crippen LogP contribution is 2.46. The molecule has 2 N–H and O–H groups in total. The van der Waals surface area contributed by atoms with Gasteiger partial charge in [-0.25, -0.2) is 0 Å². The molecule has 5 heteroatoms. The zero-order valence-electron chi connectivity index (χ0n) is 13.6. The largest absolute Gasteiger partial charge is 0.354 e. The third-order valence-corrected chi connectivity index (χ3v) is 4.00. The highest BCUT2D eigenvalue weighted by atomic mass is 16.2. The lowest BCUT2D eigenvalue weighted by Gasteiger charge is -2.17. The summed E-state index contributed by atoms with van der Waals surface area (Å²) in [6, 6.07) is 8.00. The minimum atomic E-state index is -0.837. The van der Waals surface area contributed by atoms with Crippen LogP contribution >= 0.6 is 0 Å². The van der Waals surface area contributed by atoms with Crippen molar-refractivity contribution in [1.29, 1.82) is 0 Å². The van der Waals surface area contributed by atoms with E-state index in [4.69, 9.17) is 0 Å². The standard InChI is InChI=1S/C17H25N3O2/c1-13-5-4-6-14(11-13)12-19-16(22)17(7-8-17)15(21)18-9-10-20(2)3/h4-6,11H,7-10,12H2,1-3H3,(H,18,21)(H,19,22). The summed E-state index contributed by atoms with van der Waals surface area (Å²) in [6.07, 6.45) is 1.28. The van der Waals surface area contributed by atoms with Gasteiger partial charge in [0.05, 0.1) is 0 Å². The Labute approximate surface area is 132 Å². The lowest BCUT2D eigenvalue weighted by atomic mass is 10.0. The number of nitrogens with one attached hydrogen (secondary N) is 2. The maximum Gasteiger partial charge on any atom is 0.235 e. The fraction of sp³-hybridized carbons (Fsp3) is 0.529. The van der Waals surface area contributed by atoms with Gasteiger partial charge in [0.25, 0.3) is 0 Å². The van der Waals surface area contributed by atoms with Crippen molar-refractivity contribution in [3.63, 3.8) is 0 Å². The zero-order valence-corrected chi connectivity index (χ0v) is 13.6. The van der Waals surface area contributed by atoms with Crippen molar-refractivity contribution in [2.24, 2.45) is 5.41 Å². The fourth-order valence-corrected chi connectivity index (χ4v) is 2.42. The Morgan fingerprint density at radius 3 is 2.45 bits per heavy atom. The van der Waals surface area contributed by atoms with Crippen molar-refractivity contribution in [2.45, 2.75) is 26.3 Å². The molecule has 5 nitrogen and oxygen atoms in total. The SMILES string of the molecule is Cc1cccc(CNC(=O)C2(C(=O)NCCN(C)C)CC2)c1. The quantitative estimate of drug-likeness (QED) is 0.741. The van der Waals surface area contributed by atoms with Gasteiger partial charge in [-0.15, -0.1) is 0 Å². The van der Waals surface area contributed by atoms with E-state index in [2.05, 4.69) is 10.6 Å². The van der Waals surface area contributed by atoms with Crippen molar-refractivity contribution in [2.75, 3.05) is 27.2 Å². The molecule has 0 spiro atoms. The van der Waals surface area contributed by atoms with Crippen LogP contribution in [0.1, 0.15) is 24.0 Å². The Morgan fingerprint density at radius 2 is 1.86 bits per heavy atom. The van der Waals surface area contributed by atoms with Crippen LogP contribution in [0.5, 0.6) is 0 Å². The maximum absolute atomic E-state index is 12.3. The molecule has 0 bridgehead atoms. The molecule has 0 aliphatic heterocycles. The van der Waals surface area contributed by atoms with E-state index >= 15 is 0 Å². The molecular formula is C17H25N3O2. The van der Waals surface area contributed by atoms with Crippen LogP contribution in [-0.2, 0) is 16.1 Å². The predicted molar refractivity (Wildman–Crippen MR) is 86.3 cm³/mol. The highest BCUT2D eigenvalue weighted by Gasteiger charge is 2.56. The third kappa shape index (κ3) is 4.07. The molecule has 22 heavy (non-hydrogen) atoms. The molecular weight excluding hydrogens is 278 g/mol. The van der Waals surface area contributed by atoms with E-state index in [9.17, 15) is 9.59 Å². The number of nitrogens with zero attached hydrogens (tertiary/aromatic N) is 1. The van der Waals surface area contributed by atoms with Gasteiger partial charge >= 0.3 is 0 Å². The van der Waals surface area contributed by atoms with E-state index in [1.807, 2.05) is 50.2 Å². The number of hydrogen-bond acceptors (Lipinski definition) is 3. The van der Waals surface area contributed by atoms with E-state index in [0.717, 1.165) is 17.7 Å². The molecule has 2 amide bonds. The van der Waals surface area contributed by atoms with Crippen molar-refractivity contribution in [3.05, 3.63) is 35.4 Å². The summed E-state index contributed by atoms with van der Waals surface area (Å²) in [5, 5.41) is 5.76. The van der Waals surface area contributed by atoms with Gasteiger partial charge in [0.1, 0.15) is 5.41 Å². The molecule has 1 aromatic rings. The van der Waals surface area contributed by atoms with Gasteiger partial charge in [-0.3, -0.25) is 9.59 Å². The monoisotopic (exact) mass is 303 g/mol. The summed E-state index contributed by atoms with van der Waals surface area (Å²) in [4.78, 5) is 26.6. The van der Waals surface area contributed by atoms with Crippen molar-refractivity contribution < 1.29 is 9.59 Å². The van der Waals surface area contributed by atoms with Gasteiger partial charge in [-0.2, -0.15) is 0 Å². The first-order valence-electron chi connectivity index (χ1n) is 7.71. The van der Waals surface area contributed by atoms with Crippen LogP contribution in [0, 0.1) is 12.3 Å². The summed E-state index contributed by atoms with van der Waals surface area (Å²) < 4.78 is 0. The summed E-state index contributed by atoms with van der Waals surface area (Å²) in [6.45, 7) is 3.82. The molecule has 0 heterocycles. The van der Waals surface area contributed by atoms with Crippen molar-refractivity contribution >= 4 is 11.8 Å². The Balaban J connectivity index is 1.84. The minimum absolute atomic E-state index is 0.143. The number of carbonyl (C=O) groups is 2. The molecule has 1 aromatic carbocycles. The van der Waals surface area contributed by atoms with Gasteiger partial charge in [0.15, 0.2) is 0 Å². The minimum Gasteiger partial charge on any atom is -0.354 e. The normalized spacial score (nSPS) is 15.5. The Bertz CT molecular complexity index is 551. The zero-order chi connectivity index (χ0) is 16.2. The number of amides is 2. The lowest BCUT2D eigenvalue weighted by Crippen LogP contribution is -2.44. The summed E-state index contributed by atoms with van der Waals surface area (Å²) >= 11 is 0. The second-order valence-electron chi connectivity index (χ2n) is 6.31. The van der Waals surface area contributed by atoms with Crippen LogP contribution in [0.4, 0.5) is 0 Å². The maximum atomic E-state index is 12.3. The number of benzene rings is 1. The predicted octanol–water partition coefficient (Wildman–Crippen LogP) is 1.07. The Morgan fingerprint density at radius 1 is 1.18 bits per heavy atom. The molecule has 2 rings (SSSR count). The molecule has 0 atom stereocenters. The second-order valence-corrected chi connectivity index (χ2v) is 6.31. The van der Waals surface area contributed by atoms with Crippen molar-refractivity contribution in [3.8, 4) is 0 Å². The van der Waals surface area contributed by atoms with Gasteiger partial charge in [-0.1, -0.05) is 29.8 Å². The average molecular weight is 303 g/mol. The van der Waals surface area contributed by atoms with E-state index in [-0.39, 0.29) is 11.8 Å². The first-order chi connectivity index (χ1) is 10.4. The molecule has 0 aromatic heterocycles. The molecule has 0 saturated heterocycles.